The molecule has 3 rings (SSSR count). The fourth-order valence-electron chi connectivity index (χ4n) is 3.57. The molecule has 2 aliphatic heterocycles. The summed E-state index contributed by atoms with van der Waals surface area (Å²) < 4.78 is 0. The quantitative estimate of drug-likeness (QED) is 0.865. The molecule has 2 aliphatic rings. The minimum atomic E-state index is -0.187. The predicted octanol–water partition coefficient (Wildman–Crippen LogP) is 2.44. The summed E-state index contributed by atoms with van der Waals surface area (Å²) in [7, 11) is 0. The van der Waals surface area contributed by atoms with E-state index in [2.05, 4.69) is 40.3 Å². The third-order valence-corrected chi connectivity index (χ3v) is 5.50. The molecular weight excluding hydrogens is 280 g/mol. The molecule has 3 nitrogen and oxygen atoms in total. The van der Waals surface area contributed by atoms with Crippen molar-refractivity contribution in [3.05, 3.63) is 29.8 Å². The Balaban J connectivity index is 1.57. The molecule has 116 valence electrons. The van der Waals surface area contributed by atoms with Crippen molar-refractivity contribution < 1.29 is 5.11 Å². The van der Waals surface area contributed by atoms with E-state index in [1.54, 1.807) is 11.8 Å². The molecule has 0 bridgehead atoms. The van der Waals surface area contributed by atoms with Gasteiger partial charge in [-0.15, -0.1) is 11.8 Å². The molecule has 0 unspecified atom stereocenters. The van der Waals surface area contributed by atoms with E-state index in [-0.39, 0.29) is 6.10 Å². The highest BCUT2D eigenvalue weighted by molar-refractivity contribution is 7.98. The van der Waals surface area contributed by atoms with Crippen LogP contribution in [0.25, 0.3) is 0 Å². The second-order valence-corrected chi connectivity index (χ2v) is 7.15. The van der Waals surface area contributed by atoms with Crippen LogP contribution in [0.4, 0.5) is 0 Å². The zero-order valence-electron chi connectivity index (χ0n) is 12.9. The lowest BCUT2D eigenvalue weighted by atomic mass is 10.1. The van der Waals surface area contributed by atoms with Crippen molar-refractivity contribution in [2.75, 3.05) is 32.4 Å². The van der Waals surface area contributed by atoms with Crippen LogP contribution < -0.4 is 0 Å². The number of rotatable bonds is 4. The van der Waals surface area contributed by atoms with Crippen LogP contribution in [0.2, 0.25) is 0 Å². The van der Waals surface area contributed by atoms with Crippen molar-refractivity contribution in [1.29, 1.82) is 0 Å². The van der Waals surface area contributed by atoms with Gasteiger partial charge >= 0.3 is 0 Å². The van der Waals surface area contributed by atoms with Gasteiger partial charge in [0.1, 0.15) is 0 Å². The van der Waals surface area contributed by atoms with E-state index in [4.69, 9.17) is 0 Å². The maximum Gasteiger partial charge on any atom is 0.0834 e. The molecule has 1 N–H and O–H groups in total. The monoisotopic (exact) mass is 306 g/mol. The lowest BCUT2D eigenvalue weighted by molar-refractivity contribution is 0.0706. The molecule has 0 aliphatic carbocycles. The highest BCUT2D eigenvalue weighted by Gasteiger charge is 2.35. The second-order valence-electron chi connectivity index (χ2n) is 6.27. The Morgan fingerprint density at radius 2 is 1.81 bits per heavy atom. The Morgan fingerprint density at radius 3 is 2.48 bits per heavy atom. The number of thioether (sulfide) groups is 1. The molecule has 2 heterocycles. The number of aliphatic hydroxyl groups is 1. The Kier molecular flexibility index (Phi) is 5.22. The third kappa shape index (κ3) is 3.81. The minimum Gasteiger partial charge on any atom is -0.390 e. The van der Waals surface area contributed by atoms with Crippen LogP contribution in [0, 0.1) is 0 Å². The van der Waals surface area contributed by atoms with E-state index in [1.807, 2.05) is 0 Å². The van der Waals surface area contributed by atoms with Crippen LogP contribution in [-0.2, 0) is 6.54 Å². The Hall–Kier alpha value is -0.550. The minimum absolute atomic E-state index is 0.187. The number of piperidine rings is 1. The van der Waals surface area contributed by atoms with Crippen LogP contribution >= 0.6 is 11.8 Å². The van der Waals surface area contributed by atoms with Gasteiger partial charge in [0.15, 0.2) is 0 Å². The summed E-state index contributed by atoms with van der Waals surface area (Å²) in [6.07, 6.45) is 5.85. The van der Waals surface area contributed by atoms with Gasteiger partial charge < -0.3 is 5.11 Å². The van der Waals surface area contributed by atoms with Gasteiger partial charge in [0.25, 0.3) is 0 Å². The summed E-state index contributed by atoms with van der Waals surface area (Å²) in [5, 5.41) is 10.4. The molecule has 0 saturated carbocycles. The number of nitrogens with zero attached hydrogens (tertiary/aromatic N) is 2. The average molecular weight is 306 g/mol. The van der Waals surface area contributed by atoms with Crippen LogP contribution in [0.5, 0.6) is 0 Å². The van der Waals surface area contributed by atoms with Crippen molar-refractivity contribution in [3.63, 3.8) is 0 Å². The molecule has 0 amide bonds. The molecule has 2 fully saturated rings. The molecule has 0 aromatic heterocycles. The average Bonchev–Trinajstić information content (AvgIpc) is 2.89. The van der Waals surface area contributed by atoms with Crippen LogP contribution in [0.1, 0.15) is 24.8 Å². The second kappa shape index (κ2) is 7.14. The number of aliphatic hydroxyl groups excluding tert-OH is 1. The van der Waals surface area contributed by atoms with Crippen molar-refractivity contribution in [2.24, 2.45) is 0 Å². The van der Waals surface area contributed by atoms with Gasteiger partial charge in [-0.2, -0.15) is 0 Å². The Labute approximate surface area is 132 Å². The zero-order chi connectivity index (χ0) is 14.7. The molecule has 0 spiro atoms. The van der Waals surface area contributed by atoms with Gasteiger partial charge in [0.05, 0.1) is 6.10 Å². The first kappa shape index (κ1) is 15.3. The van der Waals surface area contributed by atoms with E-state index in [0.29, 0.717) is 6.04 Å². The number of benzene rings is 1. The summed E-state index contributed by atoms with van der Waals surface area (Å²) in [4.78, 5) is 6.22. The first-order valence-electron chi connectivity index (χ1n) is 8.03. The SMILES string of the molecule is CSc1ccc(CN2C[C@H](O)[C@@H](N3CCCCC3)C2)cc1. The highest BCUT2D eigenvalue weighted by atomic mass is 32.2. The largest absolute Gasteiger partial charge is 0.390 e. The molecule has 2 saturated heterocycles. The molecule has 0 radical (unpaired) electrons. The van der Waals surface area contributed by atoms with Gasteiger partial charge in [0, 0.05) is 30.6 Å². The van der Waals surface area contributed by atoms with Crippen LogP contribution in [0.15, 0.2) is 29.2 Å². The van der Waals surface area contributed by atoms with E-state index in [1.165, 1.54) is 29.7 Å². The Morgan fingerprint density at radius 1 is 1.10 bits per heavy atom. The van der Waals surface area contributed by atoms with Crippen molar-refractivity contribution >= 4 is 11.8 Å². The molecule has 21 heavy (non-hydrogen) atoms. The van der Waals surface area contributed by atoms with Crippen LogP contribution in [0.3, 0.4) is 0 Å². The lowest BCUT2D eigenvalue weighted by Crippen LogP contribution is -2.45. The highest BCUT2D eigenvalue weighted by Crippen LogP contribution is 2.23. The first-order valence-corrected chi connectivity index (χ1v) is 9.26. The summed E-state index contributed by atoms with van der Waals surface area (Å²) in [5.41, 5.74) is 1.35. The lowest BCUT2D eigenvalue weighted by Gasteiger charge is -2.33. The van der Waals surface area contributed by atoms with Crippen molar-refractivity contribution in [2.45, 2.75) is 42.8 Å². The van der Waals surface area contributed by atoms with Gasteiger partial charge in [-0.3, -0.25) is 9.80 Å². The predicted molar refractivity (Wildman–Crippen MR) is 88.7 cm³/mol. The summed E-state index contributed by atoms with van der Waals surface area (Å²) in [5.74, 6) is 0. The van der Waals surface area contributed by atoms with Crippen LogP contribution in [-0.4, -0.2) is 59.5 Å². The topological polar surface area (TPSA) is 26.7 Å². The van der Waals surface area contributed by atoms with Gasteiger partial charge in [0.2, 0.25) is 0 Å². The molecule has 4 heteroatoms. The summed E-state index contributed by atoms with van der Waals surface area (Å²) in [6, 6.07) is 9.15. The van der Waals surface area contributed by atoms with Crippen molar-refractivity contribution in [1.82, 2.24) is 9.80 Å². The first-order chi connectivity index (χ1) is 10.3. The molecule has 2 atom stereocenters. The van der Waals surface area contributed by atoms with Gasteiger partial charge in [-0.05, 0) is 49.9 Å². The van der Waals surface area contributed by atoms with E-state index >= 15 is 0 Å². The van der Waals surface area contributed by atoms with E-state index in [9.17, 15) is 5.11 Å². The zero-order valence-corrected chi connectivity index (χ0v) is 13.7. The molecular formula is C17H26N2OS. The third-order valence-electron chi connectivity index (χ3n) is 4.76. The van der Waals surface area contributed by atoms with Gasteiger partial charge in [-0.25, -0.2) is 0 Å². The maximum absolute atomic E-state index is 10.4. The fraction of sp³-hybridized carbons (Fsp3) is 0.647. The van der Waals surface area contributed by atoms with Gasteiger partial charge in [-0.1, -0.05) is 18.6 Å². The standard InChI is InChI=1S/C17H26N2OS/c1-21-15-7-5-14(6-8-15)11-18-12-16(17(20)13-18)19-9-3-2-4-10-19/h5-8,16-17,20H,2-4,9-13H2,1H3/t16-,17-/m0/s1. The normalized spacial score (nSPS) is 28.1. The number of hydrogen-bond donors (Lipinski definition) is 1. The molecule has 1 aromatic rings. The van der Waals surface area contributed by atoms with E-state index in [0.717, 1.165) is 32.7 Å². The maximum atomic E-state index is 10.4. The smallest absolute Gasteiger partial charge is 0.0834 e. The number of hydrogen-bond acceptors (Lipinski definition) is 4. The summed E-state index contributed by atoms with van der Waals surface area (Å²) >= 11 is 1.78. The van der Waals surface area contributed by atoms with E-state index < -0.39 is 0 Å². The Bertz CT molecular complexity index is 445. The van der Waals surface area contributed by atoms with Crippen molar-refractivity contribution in [3.8, 4) is 0 Å². The fourth-order valence-corrected chi connectivity index (χ4v) is 3.98. The number of likely N-dealkylation sites (tertiary alicyclic amines) is 2. The summed E-state index contributed by atoms with van der Waals surface area (Å²) in [6.45, 7) is 5.10. The molecule has 1 aromatic carbocycles. The number of β-amino-alcohol motifs (C(OH)–C–C–N with tert-alkyl or cyclic N) is 1.